The predicted molar refractivity (Wildman–Crippen MR) is 69.4 cm³/mol. The second-order valence-corrected chi connectivity index (χ2v) is 4.59. The molecule has 0 saturated heterocycles. The molecule has 1 aromatic rings. The summed E-state index contributed by atoms with van der Waals surface area (Å²) in [6.07, 6.45) is 3.91. The molecule has 1 atom stereocenters. The lowest BCUT2D eigenvalue weighted by Gasteiger charge is -2.16. The lowest BCUT2D eigenvalue weighted by Crippen LogP contribution is -2.41. The summed E-state index contributed by atoms with van der Waals surface area (Å²) >= 11 is 0. The topological polar surface area (TPSA) is 83.7 Å². The molecule has 6 heteroatoms. The number of carbonyl (C=O) groups excluding carboxylic acids is 2. The third kappa shape index (κ3) is 3.94. The first kappa shape index (κ1) is 13.3. The Morgan fingerprint density at radius 1 is 1.58 bits per heavy atom. The maximum Gasteiger partial charge on any atom is 0.267 e. The minimum Gasteiger partial charge on any atom is -0.469 e. The van der Waals surface area contributed by atoms with Crippen LogP contribution in [0.4, 0.5) is 0 Å². The van der Waals surface area contributed by atoms with E-state index in [0.29, 0.717) is 18.6 Å². The summed E-state index contributed by atoms with van der Waals surface area (Å²) in [6, 6.07) is 3.78. The molecule has 2 N–H and O–H groups in total. The highest BCUT2D eigenvalue weighted by atomic mass is 16.3. The average Bonchev–Trinajstić information content (AvgIpc) is 2.90. The van der Waals surface area contributed by atoms with Gasteiger partial charge in [0.05, 0.1) is 6.26 Å². The maximum atomic E-state index is 11.9. The third-order valence-electron chi connectivity index (χ3n) is 2.95. The van der Waals surface area contributed by atoms with Crippen molar-refractivity contribution in [3.63, 3.8) is 0 Å². The van der Waals surface area contributed by atoms with Crippen molar-refractivity contribution in [2.75, 3.05) is 0 Å². The molecule has 2 amide bonds. The van der Waals surface area contributed by atoms with E-state index in [2.05, 4.69) is 15.8 Å². The van der Waals surface area contributed by atoms with Gasteiger partial charge < -0.3 is 9.73 Å². The van der Waals surface area contributed by atoms with Crippen LogP contribution in [0.2, 0.25) is 0 Å². The molecule has 0 radical (unpaired) electrons. The van der Waals surface area contributed by atoms with Crippen molar-refractivity contribution in [1.82, 2.24) is 10.7 Å². The normalized spacial score (nSPS) is 16.5. The molecular formula is C13H17N3O3. The van der Waals surface area contributed by atoms with E-state index in [1.54, 1.807) is 6.26 Å². The number of nitrogens with zero attached hydrogens (tertiary/aromatic N) is 1. The number of furan rings is 1. The molecule has 1 aliphatic heterocycles. The van der Waals surface area contributed by atoms with Crippen LogP contribution in [0.1, 0.15) is 31.9 Å². The summed E-state index contributed by atoms with van der Waals surface area (Å²) in [5.74, 6) is 0.540. The first-order valence-corrected chi connectivity index (χ1v) is 6.34. The third-order valence-corrected chi connectivity index (χ3v) is 2.95. The summed E-state index contributed by atoms with van der Waals surface area (Å²) in [5.41, 5.74) is 2.69. The number of hydrazone groups is 1. The number of amides is 2. The van der Waals surface area contributed by atoms with E-state index in [0.717, 1.165) is 18.6 Å². The van der Waals surface area contributed by atoms with Crippen molar-refractivity contribution in [1.29, 1.82) is 0 Å². The van der Waals surface area contributed by atoms with E-state index in [4.69, 9.17) is 4.42 Å². The van der Waals surface area contributed by atoms with Crippen LogP contribution >= 0.6 is 0 Å². The van der Waals surface area contributed by atoms with Gasteiger partial charge in [0.25, 0.3) is 5.91 Å². The van der Waals surface area contributed by atoms with Crippen LogP contribution in [0.5, 0.6) is 0 Å². The van der Waals surface area contributed by atoms with Crippen molar-refractivity contribution in [3.8, 4) is 0 Å². The lowest BCUT2D eigenvalue weighted by atomic mass is 10.1. The van der Waals surface area contributed by atoms with Crippen molar-refractivity contribution in [2.45, 2.75) is 38.6 Å². The second kappa shape index (κ2) is 6.17. The van der Waals surface area contributed by atoms with E-state index < -0.39 is 0 Å². The van der Waals surface area contributed by atoms with E-state index in [-0.39, 0.29) is 17.9 Å². The summed E-state index contributed by atoms with van der Waals surface area (Å²) in [7, 11) is 0. The highest BCUT2D eigenvalue weighted by Crippen LogP contribution is 2.06. The SMILES string of the molecule is CC(CCc1ccco1)NC(=O)C1=NNC(=O)CC1. The van der Waals surface area contributed by atoms with E-state index >= 15 is 0 Å². The van der Waals surface area contributed by atoms with Crippen LogP contribution < -0.4 is 10.7 Å². The number of carbonyl (C=O) groups is 2. The first-order valence-electron chi connectivity index (χ1n) is 6.34. The van der Waals surface area contributed by atoms with E-state index in [1.165, 1.54) is 0 Å². The minimum atomic E-state index is -0.216. The Bertz CT molecular complexity index is 479. The smallest absolute Gasteiger partial charge is 0.267 e. The molecule has 1 aliphatic rings. The van der Waals surface area contributed by atoms with Crippen LogP contribution in [0, 0.1) is 0 Å². The number of aryl methyl sites for hydroxylation is 1. The molecule has 2 heterocycles. The summed E-state index contributed by atoms with van der Waals surface area (Å²) in [4.78, 5) is 22.8. The molecule has 0 aromatic carbocycles. The highest BCUT2D eigenvalue weighted by molar-refractivity contribution is 6.39. The van der Waals surface area contributed by atoms with Gasteiger partial charge in [-0.2, -0.15) is 5.10 Å². The molecule has 2 rings (SSSR count). The molecule has 102 valence electrons. The molecule has 6 nitrogen and oxygen atoms in total. The quantitative estimate of drug-likeness (QED) is 0.830. The Kier molecular flexibility index (Phi) is 4.33. The highest BCUT2D eigenvalue weighted by Gasteiger charge is 2.19. The molecule has 0 saturated carbocycles. The Hall–Kier alpha value is -2.11. The van der Waals surface area contributed by atoms with Crippen molar-refractivity contribution < 1.29 is 14.0 Å². The van der Waals surface area contributed by atoms with Gasteiger partial charge in [0.2, 0.25) is 5.91 Å². The molecule has 0 spiro atoms. The fourth-order valence-electron chi connectivity index (χ4n) is 1.83. The van der Waals surface area contributed by atoms with E-state index in [9.17, 15) is 9.59 Å². The fraction of sp³-hybridized carbons (Fsp3) is 0.462. The average molecular weight is 263 g/mol. The standard InChI is InChI=1S/C13H17N3O3/c1-9(4-5-10-3-2-8-19-10)14-13(18)11-6-7-12(17)16-15-11/h2-3,8-9H,4-7H2,1H3,(H,14,18)(H,16,17). The Labute approximate surface area is 111 Å². The van der Waals surface area contributed by atoms with Gasteiger partial charge in [0.1, 0.15) is 11.5 Å². The number of hydrogen-bond acceptors (Lipinski definition) is 4. The zero-order valence-electron chi connectivity index (χ0n) is 10.8. The molecular weight excluding hydrogens is 246 g/mol. The van der Waals surface area contributed by atoms with Gasteiger partial charge in [-0.05, 0) is 25.5 Å². The number of hydrogen-bond donors (Lipinski definition) is 2. The van der Waals surface area contributed by atoms with Gasteiger partial charge in [-0.25, -0.2) is 5.43 Å². The number of rotatable bonds is 5. The van der Waals surface area contributed by atoms with Crippen molar-refractivity contribution >= 4 is 17.5 Å². The minimum absolute atomic E-state index is 0.0259. The molecule has 19 heavy (non-hydrogen) atoms. The lowest BCUT2D eigenvalue weighted by molar-refractivity contribution is -0.121. The van der Waals surface area contributed by atoms with Gasteiger partial charge in [0, 0.05) is 25.3 Å². The van der Waals surface area contributed by atoms with Gasteiger partial charge in [0.15, 0.2) is 0 Å². The van der Waals surface area contributed by atoms with Crippen molar-refractivity contribution in [2.24, 2.45) is 5.10 Å². The molecule has 1 aromatic heterocycles. The molecule has 0 aliphatic carbocycles. The zero-order chi connectivity index (χ0) is 13.7. The molecule has 0 bridgehead atoms. The van der Waals surface area contributed by atoms with Crippen LogP contribution in [0.3, 0.4) is 0 Å². The van der Waals surface area contributed by atoms with Crippen LogP contribution in [0.25, 0.3) is 0 Å². The van der Waals surface area contributed by atoms with E-state index in [1.807, 2.05) is 19.1 Å². The predicted octanol–water partition coefficient (Wildman–Crippen LogP) is 0.983. The first-order chi connectivity index (χ1) is 9.15. The van der Waals surface area contributed by atoms with Gasteiger partial charge >= 0.3 is 0 Å². The van der Waals surface area contributed by atoms with Gasteiger partial charge in [-0.15, -0.1) is 0 Å². The Morgan fingerprint density at radius 3 is 3.05 bits per heavy atom. The van der Waals surface area contributed by atoms with Gasteiger partial charge in [-0.3, -0.25) is 9.59 Å². The van der Waals surface area contributed by atoms with Crippen LogP contribution in [-0.2, 0) is 16.0 Å². The number of nitrogens with one attached hydrogen (secondary N) is 2. The van der Waals surface area contributed by atoms with Crippen LogP contribution in [-0.4, -0.2) is 23.6 Å². The Balaban J connectivity index is 1.77. The largest absolute Gasteiger partial charge is 0.469 e. The summed E-state index contributed by atoms with van der Waals surface area (Å²) in [5, 5.41) is 6.62. The molecule has 0 fully saturated rings. The molecule has 1 unspecified atom stereocenters. The van der Waals surface area contributed by atoms with Gasteiger partial charge in [-0.1, -0.05) is 0 Å². The fourth-order valence-corrected chi connectivity index (χ4v) is 1.83. The maximum absolute atomic E-state index is 11.9. The monoisotopic (exact) mass is 263 g/mol. The summed E-state index contributed by atoms with van der Waals surface area (Å²) in [6.45, 7) is 1.93. The second-order valence-electron chi connectivity index (χ2n) is 4.59. The van der Waals surface area contributed by atoms with Crippen molar-refractivity contribution in [3.05, 3.63) is 24.2 Å². The Morgan fingerprint density at radius 2 is 2.42 bits per heavy atom. The summed E-state index contributed by atoms with van der Waals surface area (Å²) < 4.78 is 5.23. The van der Waals surface area contributed by atoms with Crippen LogP contribution in [0.15, 0.2) is 27.9 Å². The zero-order valence-corrected chi connectivity index (χ0v) is 10.8.